The number of nitrogens with one attached hydrogen (secondary N) is 3. The normalized spacial score (nSPS) is 22.6. The number of rotatable bonds is 8. The van der Waals surface area contributed by atoms with E-state index in [0.717, 1.165) is 58.0 Å². The zero-order valence-electron chi connectivity index (χ0n) is 17.6. The predicted octanol–water partition coefficient (Wildman–Crippen LogP) is 4.03. The Bertz CT molecular complexity index is 620. The summed E-state index contributed by atoms with van der Waals surface area (Å²) in [4.78, 5) is 24.3. The lowest BCUT2D eigenvalue weighted by Gasteiger charge is -2.29. The van der Waals surface area contributed by atoms with E-state index in [1.165, 1.54) is 24.8 Å². The van der Waals surface area contributed by atoms with Gasteiger partial charge in [0.15, 0.2) is 0 Å². The van der Waals surface area contributed by atoms with Crippen molar-refractivity contribution in [1.82, 2.24) is 16.0 Å². The van der Waals surface area contributed by atoms with Gasteiger partial charge in [-0.2, -0.15) is 0 Å². The smallest absolute Gasteiger partial charge is 0.314 e. The number of carbonyl (C=O) groups excluding carboxylic acids is 2. The van der Waals surface area contributed by atoms with Crippen LogP contribution in [-0.2, 0) is 11.2 Å². The van der Waals surface area contributed by atoms with E-state index in [4.69, 9.17) is 0 Å². The first-order valence-electron chi connectivity index (χ1n) is 11.5. The molecular formula is C24H37N3O2. The highest BCUT2D eigenvalue weighted by Crippen LogP contribution is 2.28. The Morgan fingerprint density at radius 1 is 0.759 bits per heavy atom. The molecule has 5 nitrogen and oxygen atoms in total. The number of benzene rings is 1. The summed E-state index contributed by atoms with van der Waals surface area (Å²) >= 11 is 0. The third-order valence-corrected chi connectivity index (χ3v) is 6.60. The van der Waals surface area contributed by atoms with Crippen molar-refractivity contribution < 1.29 is 9.59 Å². The van der Waals surface area contributed by atoms with Gasteiger partial charge in [0.25, 0.3) is 0 Å². The van der Waals surface area contributed by atoms with Crippen molar-refractivity contribution in [2.24, 2.45) is 17.8 Å². The number of carbonyl (C=O) groups is 2. The Kier molecular flexibility index (Phi) is 8.84. The van der Waals surface area contributed by atoms with E-state index in [1.807, 2.05) is 18.2 Å². The van der Waals surface area contributed by atoms with Crippen molar-refractivity contribution >= 4 is 11.9 Å². The molecule has 3 rings (SSSR count). The Labute approximate surface area is 175 Å². The first-order chi connectivity index (χ1) is 14.2. The first-order valence-corrected chi connectivity index (χ1v) is 11.5. The molecule has 0 heterocycles. The second-order valence-electron chi connectivity index (χ2n) is 8.84. The monoisotopic (exact) mass is 399 g/mol. The SMILES string of the molecule is O=C(NCCc1ccccc1)NCC1CCC(CNC(=O)C2CCCCC2)CC1. The van der Waals surface area contributed by atoms with Gasteiger partial charge in [-0.25, -0.2) is 4.79 Å². The average Bonchev–Trinajstić information content (AvgIpc) is 2.78. The highest BCUT2D eigenvalue weighted by molar-refractivity contribution is 5.78. The van der Waals surface area contributed by atoms with Crippen LogP contribution in [0.15, 0.2) is 30.3 Å². The summed E-state index contributed by atoms with van der Waals surface area (Å²) in [6.45, 7) is 2.23. The predicted molar refractivity (Wildman–Crippen MR) is 117 cm³/mol. The molecule has 3 amide bonds. The third-order valence-electron chi connectivity index (χ3n) is 6.60. The van der Waals surface area contributed by atoms with Gasteiger partial charge >= 0.3 is 6.03 Å². The molecule has 5 heteroatoms. The van der Waals surface area contributed by atoms with Gasteiger partial charge in [0.1, 0.15) is 0 Å². The van der Waals surface area contributed by atoms with Crippen molar-refractivity contribution in [3.05, 3.63) is 35.9 Å². The zero-order chi connectivity index (χ0) is 20.3. The van der Waals surface area contributed by atoms with E-state index >= 15 is 0 Å². The van der Waals surface area contributed by atoms with Gasteiger partial charge < -0.3 is 16.0 Å². The summed E-state index contributed by atoms with van der Waals surface area (Å²) in [7, 11) is 0. The number of amides is 3. The Balaban J connectivity index is 1.23. The fourth-order valence-corrected chi connectivity index (χ4v) is 4.66. The van der Waals surface area contributed by atoms with Crippen molar-refractivity contribution in [1.29, 1.82) is 0 Å². The van der Waals surface area contributed by atoms with Crippen molar-refractivity contribution in [2.45, 2.75) is 64.2 Å². The van der Waals surface area contributed by atoms with Crippen LogP contribution in [0.4, 0.5) is 4.79 Å². The minimum Gasteiger partial charge on any atom is -0.356 e. The summed E-state index contributed by atoms with van der Waals surface area (Å²) in [5.74, 6) is 1.68. The maximum Gasteiger partial charge on any atom is 0.314 e. The van der Waals surface area contributed by atoms with Crippen LogP contribution in [0.5, 0.6) is 0 Å². The first kappa shape index (κ1) is 21.7. The molecule has 0 unspecified atom stereocenters. The van der Waals surface area contributed by atoms with Gasteiger partial charge in [0.05, 0.1) is 0 Å². The minimum atomic E-state index is -0.0669. The van der Waals surface area contributed by atoms with Crippen LogP contribution >= 0.6 is 0 Å². The van der Waals surface area contributed by atoms with E-state index in [9.17, 15) is 9.59 Å². The maximum atomic E-state index is 12.3. The van der Waals surface area contributed by atoms with Crippen LogP contribution in [0.1, 0.15) is 63.4 Å². The molecule has 0 aromatic heterocycles. The van der Waals surface area contributed by atoms with E-state index in [0.29, 0.717) is 18.4 Å². The van der Waals surface area contributed by atoms with E-state index in [1.54, 1.807) is 0 Å². The highest BCUT2D eigenvalue weighted by atomic mass is 16.2. The molecule has 160 valence electrons. The Morgan fingerprint density at radius 3 is 2.03 bits per heavy atom. The molecule has 2 aliphatic carbocycles. The highest BCUT2D eigenvalue weighted by Gasteiger charge is 2.24. The van der Waals surface area contributed by atoms with E-state index < -0.39 is 0 Å². The van der Waals surface area contributed by atoms with Gasteiger partial charge in [0, 0.05) is 25.6 Å². The molecule has 0 bridgehead atoms. The molecule has 0 radical (unpaired) electrons. The molecule has 0 spiro atoms. The molecule has 2 fully saturated rings. The standard InChI is InChI=1S/C24H37N3O2/c28-23(22-9-5-2-6-10-22)26-17-20-11-13-21(14-12-20)18-27-24(29)25-16-15-19-7-3-1-4-8-19/h1,3-4,7-8,20-22H,2,5-6,9-18H2,(H,26,28)(H2,25,27,29). The molecule has 2 saturated carbocycles. The van der Waals surface area contributed by atoms with Crippen LogP contribution in [0.2, 0.25) is 0 Å². The van der Waals surface area contributed by atoms with E-state index in [2.05, 4.69) is 28.1 Å². The molecule has 1 aromatic rings. The topological polar surface area (TPSA) is 70.2 Å². The number of urea groups is 1. The van der Waals surface area contributed by atoms with Crippen molar-refractivity contribution in [3.63, 3.8) is 0 Å². The minimum absolute atomic E-state index is 0.0669. The molecular weight excluding hydrogens is 362 g/mol. The van der Waals surface area contributed by atoms with Crippen molar-refractivity contribution in [3.8, 4) is 0 Å². The van der Waals surface area contributed by atoms with Gasteiger partial charge in [-0.3, -0.25) is 4.79 Å². The van der Waals surface area contributed by atoms with Crippen LogP contribution in [0, 0.1) is 17.8 Å². The average molecular weight is 400 g/mol. The third kappa shape index (κ3) is 7.71. The van der Waals surface area contributed by atoms with Gasteiger partial charge in [-0.15, -0.1) is 0 Å². The Morgan fingerprint density at radius 2 is 1.38 bits per heavy atom. The quantitative estimate of drug-likeness (QED) is 0.618. The van der Waals surface area contributed by atoms with Gasteiger partial charge in [-0.1, -0.05) is 49.6 Å². The lowest BCUT2D eigenvalue weighted by molar-refractivity contribution is -0.126. The van der Waals surface area contributed by atoms with Crippen LogP contribution in [-0.4, -0.2) is 31.6 Å². The molecule has 0 aliphatic heterocycles. The molecule has 1 aromatic carbocycles. The van der Waals surface area contributed by atoms with E-state index in [-0.39, 0.29) is 17.9 Å². The molecule has 0 saturated heterocycles. The molecule has 2 aliphatic rings. The zero-order valence-corrected chi connectivity index (χ0v) is 17.6. The van der Waals surface area contributed by atoms with Crippen LogP contribution in [0.3, 0.4) is 0 Å². The molecule has 0 atom stereocenters. The fraction of sp³-hybridized carbons (Fsp3) is 0.667. The van der Waals surface area contributed by atoms with Gasteiger partial charge in [-0.05, 0) is 62.3 Å². The second-order valence-corrected chi connectivity index (χ2v) is 8.84. The molecule has 29 heavy (non-hydrogen) atoms. The van der Waals surface area contributed by atoms with Crippen LogP contribution in [0.25, 0.3) is 0 Å². The Hall–Kier alpha value is -2.04. The van der Waals surface area contributed by atoms with Crippen LogP contribution < -0.4 is 16.0 Å². The lowest BCUT2D eigenvalue weighted by atomic mass is 9.81. The summed E-state index contributed by atoms with van der Waals surface area (Å²) in [6.07, 6.45) is 11.2. The van der Waals surface area contributed by atoms with Gasteiger partial charge in [0.2, 0.25) is 5.91 Å². The lowest BCUT2D eigenvalue weighted by Crippen LogP contribution is -2.40. The maximum absolute atomic E-state index is 12.3. The number of hydrogen-bond acceptors (Lipinski definition) is 2. The fourth-order valence-electron chi connectivity index (χ4n) is 4.66. The second kappa shape index (κ2) is 11.8. The van der Waals surface area contributed by atoms with Crippen molar-refractivity contribution in [2.75, 3.05) is 19.6 Å². The largest absolute Gasteiger partial charge is 0.356 e. The summed E-state index contributed by atoms with van der Waals surface area (Å²) < 4.78 is 0. The number of hydrogen-bond donors (Lipinski definition) is 3. The summed E-state index contributed by atoms with van der Waals surface area (Å²) in [5, 5.41) is 9.18. The summed E-state index contributed by atoms with van der Waals surface area (Å²) in [5.41, 5.74) is 1.24. The summed E-state index contributed by atoms with van der Waals surface area (Å²) in [6, 6.07) is 10.1. The molecule has 3 N–H and O–H groups in total.